The summed E-state index contributed by atoms with van der Waals surface area (Å²) in [5.41, 5.74) is 1.41. The fourth-order valence-corrected chi connectivity index (χ4v) is 2.53. The molecule has 7 heteroatoms. The van der Waals surface area contributed by atoms with Crippen LogP contribution >= 0.6 is 0 Å². The number of ether oxygens (including phenoxy) is 2. The topological polar surface area (TPSA) is 93.7 Å². The van der Waals surface area contributed by atoms with Crippen LogP contribution in [0.5, 0.6) is 5.75 Å². The van der Waals surface area contributed by atoms with E-state index >= 15 is 0 Å². The fraction of sp³-hybridized carbons (Fsp3) is 0.286. The summed E-state index contributed by atoms with van der Waals surface area (Å²) >= 11 is 0. The highest BCUT2D eigenvalue weighted by Crippen LogP contribution is 2.26. The van der Waals surface area contributed by atoms with Crippen LogP contribution in [0.3, 0.4) is 0 Å². The van der Waals surface area contributed by atoms with Gasteiger partial charge in [0.1, 0.15) is 5.75 Å². The molecule has 2 aromatic rings. The largest absolute Gasteiger partial charge is 0.482 e. The standard InChI is InChI=1S/C21H24N2O5/c1-14(2)16-11-7-8-12-17(16)27-13-18(24)28-19(15-9-5-4-6-10-15)20(25)23-21(26)22-3/h4-12,14,19H,13H2,1-3H3,(H2,22,23,25,26)/t19-/m0/s1. The molecule has 2 rings (SSSR count). The van der Waals surface area contributed by atoms with Crippen molar-refractivity contribution in [2.24, 2.45) is 0 Å². The van der Waals surface area contributed by atoms with Gasteiger partial charge in [0.15, 0.2) is 6.61 Å². The number of benzene rings is 2. The van der Waals surface area contributed by atoms with Gasteiger partial charge in [-0.25, -0.2) is 9.59 Å². The Balaban J connectivity index is 2.08. The summed E-state index contributed by atoms with van der Waals surface area (Å²) in [6.07, 6.45) is -1.27. The molecule has 7 nitrogen and oxygen atoms in total. The van der Waals surface area contributed by atoms with Crippen molar-refractivity contribution in [3.63, 3.8) is 0 Å². The van der Waals surface area contributed by atoms with Crippen LogP contribution < -0.4 is 15.4 Å². The average molecular weight is 384 g/mol. The van der Waals surface area contributed by atoms with Crippen molar-refractivity contribution < 1.29 is 23.9 Å². The van der Waals surface area contributed by atoms with Crippen LogP contribution in [0.1, 0.15) is 37.0 Å². The number of imide groups is 1. The van der Waals surface area contributed by atoms with Gasteiger partial charge in [0, 0.05) is 12.6 Å². The molecule has 3 amide bonds. The molecule has 0 radical (unpaired) electrons. The number of nitrogens with one attached hydrogen (secondary N) is 2. The van der Waals surface area contributed by atoms with Gasteiger partial charge >= 0.3 is 12.0 Å². The Morgan fingerprint density at radius 3 is 2.25 bits per heavy atom. The third kappa shape index (κ3) is 5.84. The summed E-state index contributed by atoms with van der Waals surface area (Å²) in [6.45, 7) is 3.68. The van der Waals surface area contributed by atoms with Crippen LogP contribution in [0.2, 0.25) is 0 Å². The van der Waals surface area contributed by atoms with Crippen LogP contribution in [-0.4, -0.2) is 31.6 Å². The zero-order valence-corrected chi connectivity index (χ0v) is 16.1. The summed E-state index contributed by atoms with van der Waals surface area (Å²) in [5, 5.41) is 4.41. The minimum absolute atomic E-state index is 0.225. The van der Waals surface area contributed by atoms with E-state index in [0.29, 0.717) is 11.3 Å². The highest BCUT2D eigenvalue weighted by Gasteiger charge is 2.26. The van der Waals surface area contributed by atoms with Gasteiger partial charge in [-0.2, -0.15) is 0 Å². The first-order chi connectivity index (χ1) is 13.4. The van der Waals surface area contributed by atoms with Gasteiger partial charge in [-0.3, -0.25) is 10.1 Å². The molecule has 0 unspecified atom stereocenters. The minimum atomic E-state index is -1.27. The van der Waals surface area contributed by atoms with Gasteiger partial charge in [-0.05, 0) is 17.5 Å². The molecule has 1 atom stereocenters. The van der Waals surface area contributed by atoms with E-state index in [4.69, 9.17) is 9.47 Å². The van der Waals surface area contributed by atoms with Crippen LogP contribution in [0.15, 0.2) is 54.6 Å². The first-order valence-corrected chi connectivity index (χ1v) is 8.91. The summed E-state index contributed by atoms with van der Waals surface area (Å²) in [4.78, 5) is 36.1. The summed E-state index contributed by atoms with van der Waals surface area (Å²) < 4.78 is 10.9. The van der Waals surface area contributed by atoms with Crippen molar-refractivity contribution >= 4 is 17.9 Å². The number of hydrogen-bond acceptors (Lipinski definition) is 5. The number of para-hydroxylation sites is 1. The van der Waals surface area contributed by atoms with E-state index in [0.717, 1.165) is 5.56 Å². The molecule has 0 aliphatic carbocycles. The maximum atomic E-state index is 12.4. The number of urea groups is 1. The monoisotopic (exact) mass is 384 g/mol. The van der Waals surface area contributed by atoms with E-state index < -0.39 is 24.0 Å². The number of hydrogen-bond donors (Lipinski definition) is 2. The van der Waals surface area contributed by atoms with E-state index in [1.807, 2.05) is 32.0 Å². The molecule has 0 aliphatic rings. The third-order valence-electron chi connectivity index (χ3n) is 3.94. The molecular formula is C21H24N2O5. The van der Waals surface area contributed by atoms with Gasteiger partial charge in [-0.1, -0.05) is 62.4 Å². The second kappa shape index (κ2) is 10.1. The molecule has 2 aromatic carbocycles. The Bertz CT molecular complexity index is 821. The van der Waals surface area contributed by atoms with Crippen molar-refractivity contribution in [2.45, 2.75) is 25.9 Å². The first-order valence-electron chi connectivity index (χ1n) is 8.91. The lowest BCUT2D eigenvalue weighted by atomic mass is 10.0. The Morgan fingerprint density at radius 2 is 1.61 bits per heavy atom. The van der Waals surface area contributed by atoms with Gasteiger partial charge < -0.3 is 14.8 Å². The van der Waals surface area contributed by atoms with E-state index in [9.17, 15) is 14.4 Å². The Labute approximate surface area is 164 Å². The van der Waals surface area contributed by atoms with Crippen molar-refractivity contribution in [2.75, 3.05) is 13.7 Å². The minimum Gasteiger partial charge on any atom is -0.482 e. The second-order valence-electron chi connectivity index (χ2n) is 6.33. The number of rotatable bonds is 7. The zero-order chi connectivity index (χ0) is 20.5. The smallest absolute Gasteiger partial charge is 0.345 e. The van der Waals surface area contributed by atoms with E-state index in [1.165, 1.54) is 7.05 Å². The molecular weight excluding hydrogens is 360 g/mol. The molecule has 2 N–H and O–H groups in total. The summed E-state index contributed by atoms with van der Waals surface area (Å²) in [5.74, 6) is -0.663. The van der Waals surface area contributed by atoms with Crippen molar-refractivity contribution in [1.82, 2.24) is 10.6 Å². The lowest BCUT2D eigenvalue weighted by Crippen LogP contribution is -2.41. The van der Waals surface area contributed by atoms with E-state index in [2.05, 4.69) is 10.6 Å². The maximum absolute atomic E-state index is 12.4. The maximum Gasteiger partial charge on any atom is 0.345 e. The van der Waals surface area contributed by atoms with Crippen LogP contribution in [0, 0.1) is 0 Å². The lowest BCUT2D eigenvalue weighted by Gasteiger charge is -2.18. The highest BCUT2D eigenvalue weighted by molar-refractivity contribution is 5.97. The molecule has 0 heterocycles. The number of amides is 3. The molecule has 0 aliphatic heterocycles. The molecule has 0 aromatic heterocycles. The quantitative estimate of drug-likeness (QED) is 0.716. The average Bonchev–Trinajstić information content (AvgIpc) is 2.71. The highest BCUT2D eigenvalue weighted by atomic mass is 16.6. The van der Waals surface area contributed by atoms with Gasteiger partial charge in [-0.15, -0.1) is 0 Å². The Hall–Kier alpha value is -3.35. The van der Waals surface area contributed by atoms with Crippen LogP contribution in [-0.2, 0) is 14.3 Å². The molecule has 0 saturated carbocycles. The summed E-state index contributed by atoms with van der Waals surface area (Å²) in [7, 11) is 1.38. The van der Waals surface area contributed by atoms with Gasteiger partial charge in [0.2, 0.25) is 6.10 Å². The Morgan fingerprint density at radius 1 is 0.964 bits per heavy atom. The lowest BCUT2D eigenvalue weighted by molar-refractivity contribution is -0.158. The number of carbonyl (C=O) groups excluding carboxylic acids is 3. The second-order valence-corrected chi connectivity index (χ2v) is 6.33. The molecule has 0 spiro atoms. The molecule has 0 fully saturated rings. The zero-order valence-electron chi connectivity index (χ0n) is 16.1. The Kier molecular flexibility index (Phi) is 7.56. The first kappa shape index (κ1) is 21.0. The molecule has 148 valence electrons. The van der Waals surface area contributed by atoms with E-state index in [1.54, 1.807) is 36.4 Å². The number of esters is 1. The van der Waals surface area contributed by atoms with Gasteiger partial charge in [0.05, 0.1) is 0 Å². The van der Waals surface area contributed by atoms with Gasteiger partial charge in [0.25, 0.3) is 5.91 Å². The van der Waals surface area contributed by atoms with Crippen molar-refractivity contribution in [3.05, 3.63) is 65.7 Å². The molecule has 0 bridgehead atoms. The van der Waals surface area contributed by atoms with Crippen molar-refractivity contribution in [1.29, 1.82) is 0 Å². The van der Waals surface area contributed by atoms with E-state index in [-0.39, 0.29) is 12.5 Å². The SMILES string of the molecule is CNC(=O)NC(=O)[C@@H](OC(=O)COc1ccccc1C(C)C)c1ccccc1. The fourth-order valence-electron chi connectivity index (χ4n) is 2.53. The summed E-state index contributed by atoms with van der Waals surface area (Å²) in [6, 6.07) is 15.2. The molecule has 0 saturated heterocycles. The normalized spacial score (nSPS) is 11.4. The van der Waals surface area contributed by atoms with Crippen LogP contribution in [0.25, 0.3) is 0 Å². The predicted molar refractivity (Wildman–Crippen MR) is 104 cm³/mol. The van der Waals surface area contributed by atoms with Crippen LogP contribution in [0.4, 0.5) is 4.79 Å². The van der Waals surface area contributed by atoms with Crippen molar-refractivity contribution in [3.8, 4) is 5.75 Å². The number of carbonyl (C=O) groups is 3. The predicted octanol–water partition coefficient (Wildman–Crippen LogP) is 2.93. The molecule has 28 heavy (non-hydrogen) atoms. The third-order valence-corrected chi connectivity index (χ3v) is 3.94.